The summed E-state index contributed by atoms with van der Waals surface area (Å²) in [6.07, 6.45) is 2.04. The molecule has 2 amide bonds. The predicted molar refractivity (Wildman–Crippen MR) is 109 cm³/mol. The number of rotatable bonds is 8. The number of hydrogen-bond acceptors (Lipinski definition) is 4. The molecule has 1 aliphatic heterocycles. The maximum atomic E-state index is 12.6. The van der Waals surface area contributed by atoms with Gasteiger partial charge in [-0.15, -0.1) is 0 Å². The van der Waals surface area contributed by atoms with Crippen LogP contribution < -0.4 is 0 Å². The fraction of sp³-hybridized carbons (Fsp3) is 0.636. The number of likely N-dealkylation sites (N-methyl/N-ethyl adjacent to an activating group) is 2. The number of aliphatic hydroxyl groups is 1. The highest BCUT2D eigenvalue weighted by molar-refractivity contribution is 5.79. The van der Waals surface area contributed by atoms with Crippen LogP contribution in [0.2, 0.25) is 0 Å². The SMILES string of the molecule is CCc1ccc(CC(=O)N(C)CC(O)CN(C)C(=O)C2CCOC(C)C2)cc1. The summed E-state index contributed by atoms with van der Waals surface area (Å²) >= 11 is 0. The minimum Gasteiger partial charge on any atom is -0.389 e. The molecule has 156 valence electrons. The third-order valence-electron chi connectivity index (χ3n) is 5.39. The van der Waals surface area contributed by atoms with Crippen molar-refractivity contribution in [2.75, 3.05) is 33.8 Å². The number of hydrogen-bond donors (Lipinski definition) is 1. The summed E-state index contributed by atoms with van der Waals surface area (Å²) in [5.41, 5.74) is 2.20. The number of nitrogens with zero attached hydrogens (tertiary/aromatic N) is 2. The topological polar surface area (TPSA) is 70.1 Å². The van der Waals surface area contributed by atoms with E-state index in [9.17, 15) is 14.7 Å². The standard InChI is InChI=1S/C22H34N2O4/c1-5-17-6-8-18(9-7-17)13-21(26)23(3)14-20(25)15-24(4)22(27)19-10-11-28-16(2)12-19/h6-9,16,19-20,25H,5,10-15H2,1-4H3. The lowest BCUT2D eigenvalue weighted by Crippen LogP contribution is -2.44. The highest BCUT2D eigenvalue weighted by atomic mass is 16.5. The maximum Gasteiger partial charge on any atom is 0.226 e. The van der Waals surface area contributed by atoms with E-state index in [1.54, 1.807) is 19.0 Å². The molecule has 0 radical (unpaired) electrons. The first kappa shape index (κ1) is 22.4. The van der Waals surface area contributed by atoms with Gasteiger partial charge in [0.15, 0.2) is 0 Å². The number of carbonyl (C=O) groups excluding carboxylic acids is 2. The minimum atomic E-state index is -0.775. The summed E-state index contributed by atoms with van der Waals surface area (Å²) in [5.74, 6) is -0.0545. The first-order valence-electron chi connectivity index (χ1n) is 10.2. The van der Waals surface area contributed by atoms with Gasteiger partial charge in [-0.2, -0.15) is 0 Å². The molecule has 0 aromatic heterocycles. The molecule has 1 fully saturated rings. The van der Waals surface area contributed by atoms with Crippen molar-refractivity contribution in [2.45, 2.75) is 51.7 Å². The fourth-order valence-corrected chi connectivity index (χ4v) is 3.62. The van der Waals surface area contributed by atoms with E-state index in [2.05, 4.69) is 6.92 Å². The molecule has 1 aromatic carbocycles. The number of aliphatic hydroxyl groups excluding tert-OH is 1. The van der Waals surface area contributed by atoms with Crippen LogP contribution in [0.25, 0.3) is 0 Å². The lowest BCUT2D eigenvalue weighted by Gasteiger charge is -2.31. The fourth-order valence-electron chi connectivity index (χ4n) is 3.62. The van der Waals surface area contributed by atoms with Crippen molar-refractivity contribution < 1.29 is 19.4 Å². The van der Waals surface area contributed by atoms with Crippen LogP contribution in [0.3, 0.4) is 0 Å². The highest BCUT2D eigenvalue weighted by Crippen LogP contribution is 2.21. The van der Waals surface area contributed by atoms with Gasteiger partial charge in [0.25, 0.3) is 0 Å². The Hall–Kier alpha value is -1.92. The molecule has 1 aromatic rings. The van der Waals surface area contributed by atoms with Crippen LogP contribution in [-0.2, 0) is 27.2 Å². The molecular weight excluding hydrogens is 356 g/mol. The van der Waals surface area contributed by atoms with Crippen molar-refractivity contribution in [1.82, 2.24) is 9.80 Å². The number of carbonyl (C=O) groups is 2. The van der Waals surface area contributed by atoms with Crippen molar-refractivity contribution in [2.24, 2.45) is 5.92 Å². The van der Waals surface area contributed by atoms with Crippen LogP contribution in [-0.4, -0.2) is 72.7 Å². The normalized spacial score (nSPS) is 20.5. The molecule has 0 aliphatic carbocycles. The van der Waals surface area contributed by atoms with Crippen LogP contribution in [0.5, 0.6) is 0 Å². The maximum absolute atomic E-state index is 12.6. The summed E-state index contributed by atoms with van der Waals surface area (Å²) in [4.78, 5) is 28.1. The predicted octanol–water partition coefficient (Wildman–Crippen LogP) is 1.88. The van der Waals surface area contributed by atoms with Gasteiger partial charge in [-0.05, 0) is 37.3 Å². The molecule has 28 heavy (non-hydrogen) atoms. The van der Waals surface area contributed by atoms with Crippen LogP contribution in [0, 0.1) is 5.92 Å². The van der Waals surface area contributed by atoms with Crippen molar-refractivity contribution >= 4 is 11.8 Å². The highest BCUT2D eigenvalue weighted by Gasteiger charge is 2.28. The molecular formula is C22H34N2O4. The smallest absolute Gasteiger partial charge is 0.226 e. The summed E-state index contributed by atoms with van der Waals surface area (Å²) in [5, 5.41) is 10.4. The van der Waals surface area contributed by atoms with Gasteiger partial charge in [0.2, 0.25) is 11.8 Å². The Labute approximate surface area is 168 Å². The number of amides is 2. The quantitative estimate of drug-likeness (QED) is 0.736. The van der Waals surface area contributed by atoms with E-state index in [-0.39, 0.29) is 36.9 Å². The van der Waals surface area contributed by atoms with E-state index in [1.165, 1.54) is 10.5 Å². The van der Waals surface area contributed by atoms with E-state index in [0.717, 1.165) is 18.4 Å². The first-order valence-corrected chi connectivity index (χ1v) is 10.2. The van der Waals surface area contributed by atoms with Gasteiger partial charge in [0.05, 0.1) is 18.6 Å². The second-order valence-electron chi connectivity index (χ2n) is 7.90. The molecule has 6 nitrogen and oxygen atoms in total. The van der Waals surface area contributed by atoms with E-state index < -0.39 is 6.10 Å². The molecule has 3 atom stereocenters. The zero-order valence-electron chi connectivity index (χ0n) is 17.6. The number of aryl methyl sites for hydroxylation is 1. The molecule has 0 saturated carbocycles. The van der Waals surface area contributed by atoms with Crippen molar-refractivity contribution in [3.05, 3.63) is 35.4 Å². The van der Waals surface area contributed by atoms with Gasteiger partial charge >= 0.3 is 0 Å². The molecule has 1 aliphatic rings. The monoisotopic (exact) mass is 390 g/mol. The van der Waals surface area contributed by atoms with Crippen LogP contribution in [0.4, 0.5) is 0 Å². The molecule has 1 saturated heterocycles. The van der Waals surface area contributed by atoms with E-state index in [4.69, 9.17) is 4.74 Å². The molecule has 2 rings (SSSR count). The van der Waals surface area contributed by atoms with E-state index in [1.807, 2.05) is 31.2 Å². The second kappa shape index (κ2) is 10.6. The lowest BCUT2D eigenvalue weighted by atomic mass is 9.95. The van der Waals surface area contributed by atoms with Crippen LogP contribution in [0.15, 0.2) is 24.3 Å². The van der Waals surface area contributed by atoms with Crippen molar-refractivity contribution in [3.63, 3.8) is 0 Å². The molecule has 0 spiro atoms. The first-order chi connectivity index (χ1) is 13.3. The van der Waals surface area contributed by atoms with Crippen molar-refractivity contribution in [3.8, 4) is 0 Å². The lowest BCUT2D eigenvalue weighted by molar-refractivity contribution is -0.140. The molecule has 0 bridgehead atoms. The summed E-state index contributed by atoms with van der Waals surface area (Å²) < 4.78 is 5.50. The third kappa shape index (κ3) is 6.60. The van der Waals surface area contributed by atoms with Gasteiger partial charge < -0.3 is 19.6 Å². The van der Waals surface area contributed by atoms with Gasteiger partial charge in [-0.3, -0.25) is 9.59 Å². The van der Waals surface area contributed by atoms with Crippen LogP contribution in [0.1, 0.15) is 37.8 Å². The largest absolute Gasteiger partial charge is 0.389 e. The van der Waals surface area contributed by atoms with Gasteiger partial charge in [0.1, 0.15) is 0 Å². The zero-order valence-corrected chi connectivity index (χ0v) is 17.6. The molecule has 1 N–H and O–H groups in total. The summed E-state index contributed by atoms with van der Waals surface area (Å²) in [6, 6.07) is 8.02. The molecule has 6 heteroatoms. The molecule has 1 heterocycles. The average molecular weight is 391 g/mol. The zero-order chi connectivity index (χ0) is 20.7. The third-order valence-corrected chi connectivity index (χ3v) is 5.39. The molecule has 3 unspecified atom stereocenters. The van der Waals surface area contributed by atoms with E-state index >= 15 is 0 Å². The summed E-state index contributed by atoms with van der Waals surface area (Å²) in [6.45, 7) is 5.09. The van der Waals surface area contributed by atoms with Gasteiger partial charge in [-0.1, -0.05) is 31.2 Å². The Bertz CT molecular complexity index is 646. The van der Waals surface area contributed by atoms with Crippen molar-refractivity contribution in [1.29, 1.82) is 0 Å². The Kier molecular flexibility index (Phi) is 8.45. The Morgan fingerprint density at radius 3 is 2.36 bits per heavy atom. The van der Waals surface area contributed by atoms with Gasteiger partial charge in [0, 0.05) is 39.7 Å². The minimum absolute atomic E-state index is 0.0409. The number of benzene rings is 1. The van der Waals surface area contributed by atoms with Crippen LogP contribution >= 0.6 is 0 Å². The van der Waals surface area contributed by atoms with Gasteiger partial charge in [-0.25, -0.2) is 0 Å². The summed E-state index contributed by atoms with van der Waals surface area (Å²) in [7, 11) is 3.40. The number of ether oxygens (including phenoxy) is 1. The average Bonchev–Trinajstić information content (AvgIpc) is 2.67. The Morgan fingerprint density at radius 1 is 1.14 bits per heavy atom. The Morgan fingerprint density at radius 2 is 1.75 bits per heavy atom. The second-order valence-corrected chi connectivity index (χ2v) is 7.90. The van der Waals surface area contributed by atoms with E-state index in [0.29, 0.717) is 19.4 Å². The Balaban J connectivity index is 1.79.